The van der Waals surface area contributed by atoms with Crippen molar-refractivity contribution in [3.05, 3.63) is 77.5 Å². The number of hydrogen-bond donors (Lipinski definition) is 3. The first-order valence-corrected chi connectivity index (χ1v) is 9.77. The third-order valence-corrected chi connectivity index (χ3v) is 4.26. The zero-order valence-electron chi connectivity index (χ0n) is 17.4. The highest BCUT2D eigenvalue weighted by atomic mass is 19.1. The van der Waals surface area contributed by atoms with E-state index in [1.165, 1.54) is 18.2 Å². The largest absolute Gasteiger partial charge is 0.424 e. The number of aromatic amines is 1. The zero-order chi connectivity index (χ0) is 22.5. The molecule has 4 rings (SSSR count). The second kappa shape index (κ2) is 9.21. The molecule has 0 radical (unpaired) electrons. The van der Waals surface area contributed by atoms with Gasteiger partial charge in [-0.05, 0) is 49.7 Å². The lowest BCUT2D eigenvalue weighted by atomic mass is 10.2. The van der Waals surface area contributed by atoms with Crippen molar-refractivity contribution in [3.63, 3.8) is 0 Å². The Hall–Kier alpha value is -4.34. The van der Waals surface area contributed by atoms with Gasteiger partial charge in [0.2, 0.25) is 11.9 Å². The highest BCUT2D eigenvalue weighted by Gasteiger charge is 2.11. The van der Waals surface area contributed by atoms with Gasteiger partial charge in [-0.2, -0.15) is 20.1 Å². The summed E-state index contributed by atoms with van der Waals surface area (Å²) in [7, 11) is 0. The fourth-order valence-corrected chi connectivity index (χ4v) is 2.92. The first kappa shape index (κ1) is 20.9. The second-order valence-electron chi connectivity index (χ2n) is 7.05. The number of carbonyl (C=O) groups is 1. The van der Waals surface area contributed by atoms with Crippen molar-refractivity contribution in [1.29, 1.82) is 0 Å². The molecule has 9 nitrogen and oxygen atoms in total. The van der Waals surface area contributed by atoms with Gasteiger partial charge in [0.25, 0.3) is 0 Å². The van der Waals surface area contributed by atoms with Crippen LogP contribution in [0.5, 0.6) is 11.8 Å². The molecule has 0 unspecified atom stereocenters. The Morgan fingerprint density at radius 3 is 2.72 bits per heavy atom. The van der Waals surface area contributed by atoms with E-state index in [4.69, 9.17) is 4.74 Å². The Bertz CT molecular complexity index is 1260. The summed E-state index contributed by atoms with van der Waals surface area (Å²) in [5.74, 6) is 1.03. The summed E-state index contributed by atoms with van der Waals surface area (Å²) in [5.41, 5.74) is 2.00. The van der Waals surface area contributed by atoms with E-state index >= 15 is 0 Å². The molecule has 3 N–H and O–H groups in total. The number of benzene rings is 2. The summed E-state index contributed by atoms with van der Waals surface area (Å²) >= 11 is 0. The van der Waals surface area contributed by atoms with Gasteiger partial charge < -0.3 is 15.4 Å². The highest BCUT2D eigenvalue weighted by Crippen LogP contribution is 2.21. The smallest absolute Gasteiger partial charge is 0.327 e. The first-order valence-electron chi connectivity index (χ1n) is 9.77. The lowest BCUT2D eigenvalue weighted by Gasteiger charge is -2.07. The molecule has 0 atom stereocenters. The van der Waals surface area contributed by atoms with Crippen molar-refractivity contribution in [2.24, 2.45) is 0 Å². The zero-order valence-corrected chi connectivity index (χ0v) is 17.4. The van der Waals surface area contributed by atoms with E-state index in [1.54, 1.807) is 19.1 Å². The van der Waals surface area contributed by atoms with Crippen LogP contribution in [-0.4, -0.2) is 31.1 Å². The van der Waals surface area contributed by atoms with E-state index in [9.17, 15) is 9.18 Å². The Morgan fingerprint density at radius 2 is 1.91 bits per heavy atom. The number of rotatable bonds is 7. The summed E-state index contributed by atoms with van der Waals surface area (Å²) in [4.78, 5) is 24.9. The van der Waals surface area contributed by atoms with Gasteiger partial charge in [0.05, 0.1) is 6.42 Å². The van der Waals surface area contributed by atoms with Crippen molar-refractivity contribution >= 4 is 23.4 Å². The minimum atomic E-state index is -0.422. The molecule has 0 spiro atoms. The maximum Gasteiger partial charge on any atom is 0.327 e. The molecule has 4 aromatic rings. The molecule has 162 valence electrons. The van der Waals surface area contributed by atoms with E-state index in [0.717, 1.165) is 5.56 Å². The van der Waals surface area contributed by atoms with Crippen LogP contribution in [0.4, 0.5) is 21.8 Å². The number of amides is 1. The molecule has 0 aliphatic heterocycles. The number of hydrogen-bond acceptors (Lipinski definition) is 7. The number of nitrogens with one attached hydrogen (secondary N) is 3. The Labute approximate surface area is 183 Å². The van der Waals surface area contributed by atoms with Crippen LogP contribution >= 0.6 is 0 Å². The molecule has 0 fully saturated rings. The monoisotopic (exact) mass is 433 g/mol. The van der Waals surface area contributed by atoms with Gasteiger partial charge in [-0.3, -0.25) is 9.89 Å². The van der Waals surface area contributed by atoms with Crippen LogP contribution in [0.15, 0.2) is 54.6 Å². The van der Waals surface area contributed by atoms with E-state index < -0.39 is 5.82 Å². The van der Waals surface area contributed by atoms with E-state index in [-0.39, 0.29) is 24.3 Å². The average molecular weight is 433 g/mol. The summed E-state index contributed by atoms with van der Waals surface area (Å²) in [6.07, 6.45) is 0.0309. The number of halogens is 1. The summed E-state index contributed by atoms with van der Waals surface area (Å²) in [6.45, 7) is 3.69. The third kappa shape index (κ3) is 5.63. The molecule has 32 heavy (non-hydrogen) atoms. The standard InChI is InChI=1S/C22H20FN7O2/c1-13-5-3-8-18(9-13)32-22-25-14(2)24-21(28-22)27-19-11-17(29-30-19)12-20(31)26-16-7-4-6-15(23)10-16/h3-11H,12H2,1-2H3,(H,26,31)(H2,24,25,27,28,29,30). The van der Waals surface area contributed by atoms with Crippen LogP contribution in [0.2, 0.25) is 0 Å². The minimum Gasteiger partial charge on any atom is -0.424 e. The maximum absolute atomic E-state index is 13.3. The van der Waals surface area contributed by atoms with Crippen LogP contribution < -0.4 is 15.4 Å². The maximum atomic E-state index is 13.3. The number of carbonyl (C=O) groups excluding carboxylic acids is 1. The van der Waals surface area contributed by atoms with E-state index in [1.807, 2.05) is 31.2 Å². The fraction of sp³-hybridized carbons (Fsp3) is 0.136. The summed E-state index contributed by atoms with van der Waals surface area (Å²) in [5, 5.41) is 12.5. The van der Waals surface area contributed by atoms with Crippen LogP contribution in [0, 0.1) is 19.7 Å². The highest BCUT2D eigenvalue weighted by molar-refractivity contribution is 5.92. The number of H-pyrrole nitrogens is 1. The topological polar surface area (TPSA) is 118 Å². The number of nitrogens with zero attached hydrogens (tertiary/aromatic N) is 4. The SMILES string of the molecule is Cc1cccc(Oc2nc(C)nc(Nc3cc(CC(=O)Nc4cccc(F)c4)[nH]n3)n2)c1. The molecule has 0 aliphatic rings. The molecular weight excluding hydrogens is 413 g/mol. The quantitative estimate of drug-likeness (QED) is 0.402. The van der Waals surface area contributed by atoms with Gasteiger partial charge in [-0.15, -0.1) is 0 Å². The Kier molecular flexibility index (Phi) is 6.02. The van der Waals surface area contributed by atoms with Crippen molar-refractivity contribution in [2.75, 3.05) is 10.6 Å². The molecular formula is C22H20FN7O2. The van der Waals surface area contributed by atoms with Crippen LogP contribution in [0.1, 0.15) is 17.1 Å². The second-order valence-corrected chi connectivity index (χ2v) is 7.05. The number of aryl methyl sites for hydroxylation is 2. The van der Waals surface area contributed by atoms with Crippen LogP contribution in [0.25, 0.3) is 0 Å². The first-order chi connectivity index (χ1) is 15.4. The van der Waals surface area contributed by atoms with Crippen molar-refractivity contribution in [1.82, 2.24) is 25.1 Å². The molecule has 0 saturated heterocycles. The normalized spacial score (nSPS) is 10.6. The molecule has 0 saturated carbocycles. The van der Waals surface area contributed by atoms with E-state index in [0.29, 0.717) is 28.8 Å². The number of anilines is 3. The lowest BCUT2D eigenvalue weighted by molar-refractivity contribution is -0.115. The minimum absolute atomic E-state index is 0.0309. The molecule has 2 aromatic carbocycles. The number of aromatic nitrogens is 5. The van der Waals surface area contributed by atoms with Gasteiger partial charge in [-0.25, -0.2) is 4.39 Å². The Morgan fingerprint density at radius 1 is 1.06 bits per heavy atom. The van der Waals surface area contributed by atoms with Crippen LogP contribution in [0.3, 0.4) is 0 Å². The van der Waals surface area contributed by atoms with E-state index in [2.05, 4.69) is 35.8 Å². The lowest BCUT2D eigenvalue weighted by Crippen LogP contribution is -2.14. The molecule has 2 aromatic heterocycles. The molecule has 2 heterocycles. The molecule has 0 bridgehead atoms. The van der Waals surface area contributed by atoms with Gasteiger partial charge in [0.1, 0.15) is 17.4 Å². The van der Waals surface area contributed by atoms with Gasteiger partial charge >= 0.3 is 6.01 Å². The predicted molar refractivity (Wildman–Crippen MR) is 116 cm³/mol. The molecule has 1 amide bonds. The molecule has 0 aliphatic carbocycles. The predicted octanol–water partition coefficient (Wildman–Crippen LogP) is 4.07. The van der Waals surface area contributed by atoms with Gasteiger partial charge in [0.15, 0.2) is 5.82 Å². The summed E-state index contributed by atoms with van der Waals surface area (Å²) in [6, 6.07) is 15.0. The van der Waals surface area contributed by atoms with Gasteiger partial charge in [0, 0.05) is 17.4 Å². The molecule has 10 heteroatoms. The van der Waals surface area contributed by atoms with Crippen LogP contribution in [-0.2, 0) is 11.2 Å². The van der Waals surface area contributed by atoms with Gasteiger partial charge in [-0.1, -0.05) is 18.2 Å². The van der Waals surface area contributed by atoms with Crippen molar-refractivity contribution in [3.8, 4) is 11.8 Å². The van der Waals surface area contributed by atoms with Crippen molar-refractivity contribution in [2.45, 2.75) is 20.3 Å². The fourth-order valence-electron chi connectivity index (χ4n) is 2.92. The van der Waals surface area contributed by atoms with Crippen molar-refractivity contribution < 1.29 is 13.9 Å². The number of ether oxygens (including phenoxy) is 1. The average Bonchev–Trinajstić information content (AvgIpc) is 3.14. The Balaban J connectivity index is 1.40. The summed E-state index contributed by atoms with van der Waals surface area (Å²) < 4.78 is 19.0. The third-order valence-electron chi connectivity index (χ3n) is 4.26.